The number of sulfonamides is 1. The summed E-state index contributed by atoms with van der Waals surface area (Å²) >= 11 is 0. The van der Waals surface area contributed by atoms with Crippen LogP contribution in [0.25, 0.3) is 22.4 Å². The Kier molecular flexibility index (Phi) is 5.11. The molecule has 0 aliphatic rings. The van der Waals surface area contributed by atoms with Crippen LogP contribution in [0.15, 0.2) is 42.7 Å². The van der Waals surface area contributed by atoms with Crippen molar-refractivity contribution >= 4 is 21.1 Å². The second-order valence-corrected chi connectivity index (χ2v) is 8.50. The highest BCUT2D eigenvalue weighted by Crippen LogP contribution is 2.29. The van der Waals surface area contributed by atoms with Crippen LogP contribution < -0.4 is 4.72 Å². The lowest BCUT2D eigenvalue weighted by molar-refractivity contribution is 0.417. The van der Waals surface area contributed by atoms with Gasteiger partial charge >= 0.3 is 0 Å². The summed E-state index contributed by atoms with van der Waals surface area (Å²) in [4.78, 5) is 12.0. The van der Waals surface area contributed by atoms with Gasteiger partial charge in [-0.3, -0.25) is 4.98 Å². The molecule has 0 fully saturated rings. The van der Waals surface area contributed by atoms with Crippen molar-refractivity contribution in [1.29, 1.82) is 0 Å². The minimum absolute atomic E-state index is 0.124. The Balaban J connectivity index is 1.99. The molecule has 2 aromatic heterocycles. The Hall–Kier alpha value is -2.25. The Bertz CT molecular complexity index is 999. The number of nitrogens with one attached hydrogen (secondary N) is 2. The minimum Gasteiger partial charge on any atom is -0.338 e. The van der Waals surface area contributed by atoms with E-state index in [1.165, 1.54) is 0 Å². The Morgan fingerprint density at radius 3 is 2.54 bits per heavy atom. The van der Waals surface area contributed by atoms with Gasteiger partial charge in [0.1, 0.15) is 5.82 Å². The van der Waals surface area contributed by atoms with Crippen molar-refractivity contribution in [2.24, 2.45) is 0 Å². The van der Waals surface area contributed by atoms with Crippen molar-refractivity contribution < 1.29 is 8.42 Å². The van der Waals surface area contributed by atoms with Gasteiger partial charge < -0.3 is 4.98 Å². The molecule has 0 aliphatic heterocycles. The highest BCUT2D eigenvalue weighted by molar-refractivity contribution is 7.89. The van der Waals surface area contributed by atoms with E-state index in [0.717, 1.165) is 28.0 Å². The number of H-pyrrole nitrogens is 1. The van der Waals surface area contributed by atoms with E-state index in [1.807, 2.05) is 51.1 Å². The molecule has 3 aromatic rings. The standard InChI is InChI=1S/C19H24N4O2S/c1-4-12-26(24,25)23-19(3,5-2)15-6-7-16-17(13-15)22-18(21-16)14-8-10-20-11-9-14/h6-11,13,23H,4-5,12H2,1-3H3,(H,21,22). The van der Waals surface area contributed by atoms with Gasteiger partial charge in [0.25, 0.3) is 0 Å². The molecule has 1 aromatic carbocycles. The second kappa shape index (κ2) is 7.17. The van der Waals surface area contributed by atoms with Gasteiger partial charge in [0, 0.05) is 18.0 Å². The summed E-state index contributed by atoms with van der Waals surface area (Å²) in [6, 6.07) is 9.65. The molecule has 2 heterocycles. The molecule has 0 bridgehead atoms. The number of rotatable bonds is 7. The number of imidazole rings is 1. The number of nitrogens with zero attached hydrogens (tertiary/aromatic N) is 2. The fourth-order valence-electron chi connectivity index (χ4n) is 2.99. The zero-order chi connectivity index (χ0) is 18.8. The molecule has 7 heteroatoms. The van der Waals surface area contributed by atoms with E-state index in [-0.39, 0.29) is 5.75 Å². The zero-order valence-corrected chi connectivity index (χ0v) is 16.1. The van der Waals surface area contributed by atoms with Crippen molar-refractivity contribution in [3.8, 4) is 11.4 Å². The number of hydrogen-bond acceptors (Lipinski definition) is 4. The summed E-state index contributed by atoms with van der Waals surface area (Å²) in [6.07, 6.45) is 4.68. The first-order valence-corrected chi connectivity index (χ1v) is 10.4. The SMILES string of the molecule is CCCS(=O)(=O)NC(C)(CC)c1ccc2[nH]c(-c3ccncc3)nc2c1. The van der Waals surface area contributed by atoms with Crippen LogP contribution in [-0.2, 0) is 15.6 Å². The van der Waals surface area contributed by atoms with E-state index in [9.17, 15) is 8.42 Å². The van der Waals surface area contributed by atoms with Gasteiger partial charge in [0.05, 0.1) is 22.3 Å². The number of aromatic amines is 1. The van der Waals surface area contributed by atoms with Gasteiger partial charge in [-0.15, -0.1) is 0 Å². The number of hydrogen-bond donors (Lipinski definition) is 2. The fraction of sp³-hybridized carbons (Fsp3) is 0.368. The summed E-state index contributed by atoms with van der Waals surface area (Å²) in [5.41, 5.74) is 2.91. The Morgan fingerprint density at radius 2 is 1.88 bits per heavy atom. The van der Waals surface area contributed by atoms with E-state index < -0.39 is 15.6 Å². The molecule has 138 valence electrons. The summed E-state index contributed by atoms with van der Waals surface area (Å²) in [5.74, 6) is 0.892. The molecule has 3 rings (SSSR count). The highest BCUT2D eigenvalue weighted by atomic mass is 32.2. The summed E-state index contributed by atoms with van der Waals surface area (Å²) < 4.78 is 27.5. The molecular weight excluding hydrogens is 348 g/mol. The van der Waals surface area contributed by atoms with Crippen LogP contribution in [0.3, 0.4) is 0 Å². The number of aromatic nitrogens is 3. The summed E-state index contributed by atoms with van der Waals surface area (Å²) in [5, 5.41) is 0. The molecule has 26 heavy (non-hydrogen) atoms. The average molecular weight is 372 g/mol. The third-order valence-corrected chi connectivity index (χ3v) is 6.34. The molecule has 0 saturated heterocycles. The molecule has 0 spiro atoms. The smallest absolute Gasteiger partial charge is 0.212 e. The molecule has 0 amide bonds. The maximum atomic E-state index is 12.3. The fourth-order valence-corrected chi connectivity index (χ4v) is 4.58. The largest absolute Gasteiger partial charge is 0.338 e. The molecule has 6 nitrogen and oxygen atoms in total. The lowest BCUT2D eigenvalue weighted by Gasteiger charge is -2.30. The number of benzene rings is 1. The molecule has 1 unspecified atom stereocenters. The van der Waals surface area contributed by atoms with Crippen molar-refractivity contribution in [3.63, 3.8) is 0 Å². The quantitative estimate of drug-likeness (QED) is 0.663. The predicted octanol–water partition coefficient (Wildman–Crippen LogP) is 3.58. The van der Waals surface area contributed by atoms with Crippen LogP contribution in [0.2, 0.25) is 0 Å². The Morgan fingerprint density at radius 1 is 1.15 bits per heavy atom. The maximum absolute atomic E-state index is 12.3. The number of pyridine rings is 1. The topological polar surface area (TPSA) is 87.7 Å². The van der Waals surface area contributed by atoms with Gasteiger partial charge in [-0.1, -0.05) is 19.9 Å². The van der Waals surface area contributed by atoms with Gasteiger partial charge in [0.15, 0.2) is 0 Å². The van der Waals surface area contributed by atoms with E-state index in [0.29, 0.717) is 12.8 Å². The molecule has 0 radical (unpaired) electrons. The van der Waals surface area contributed by atoms with Gasteiger partial charge in [-0.25, -0.2) is 18.1 Å². The zero-order valence-electron chi connectivity index (χ0n) is 15.3. The van der Waals surface area contributed by atoms with Crippen molar-refractivity contribution in [3.05, 3.63) is 48.3 Å². The lowest BCUT2D eigenvalue weighted by atomic mass is 9.90. The van der Waals surface area contributed by atoms with Gasteiger partial charge in [0.2, 0.25) is 10.0 Å². The summed E-state index contributed by atoms with van der Waals surface area (Å²) in [6.45, 7) is 5.75. The van der Waals surface area contributed by atoms with Crippen LogP contribution >= 0.6 is 0 Å². The lowest BCUT2D eigenvalue weighted by Crippen LogP contribution is -2.43. The van der Waals surface area contributed by atoms with Crippen molar-refractivity contribution in [2.75, 3.05) is 5.75 Å². The third-order valence-electron chi connectivity index (χ3n) is 4.63. The van der Waals surface area contributed by atoms with E-state index in [2.05, 4.69) is 19.7 Å². The molecular formula is C19H24N4O2S. The summed E-state index contributed by atoms with van der Waals surface area (Å²) in [7, 11) is -3.33. The minimum atomic E-state index is -3.33. The van der Waals surface area contributed by atoms with E-state index >= 15 is 0 Å². The first kappa shape index (κ1) is 18.5. The Labute approximate surface area is 154 Å². The van der Waals surface area contributed by atoms with Crippen LogP contribution in [0.5, 0.6) is 0 Å². The van der Waals surface area contributed by atoms with Crippen LogP contribution in [0.1, 0.15) is 39.2 Å². The van der Waals surface area contributed by atoms with Crippen molar-refractivity contribution in [1.82, 2.24) is 19.7 Å². The number of fused-ring (bicyclic) bond motifs is 1. The normalized spacial score (nSPS) is 14.4. The average Bonchev–Trinajstić information content (AvgIpc) is 3.05. The van der Waals surface area contributed by atoms with E-state index in [4.69, 9.17) is 0 Å². The maximum Gasteiger partial charge on any atom is 0.212 e. The van der Waals surface area contributed by atoms with Crippen LogP contribution in [0.4, 0.5) is 0 Å². The first-order valence-electron chi connectivity index (χ1n) is 8.79. The van der Waals surface area contributed by atoms with Gasteiger partial charge in [-0.05, 0) is 49.6 Å². The third kappa shape index (κ3) is 3.78. The van der Waals surface area contributed by atoms with Gasteiger partial charge in [-0.2, -0.15) is 0 Å². The molecule has 0 saturated carbocycles. The second-order valence-electron chi connectivity index (χ2n) is 6.66. The predicted molar refractivity (Wildman–Crippen MR) is 104 cm³/mol. The molecule has 1 atom stereocenters. The molecule has 0 aliphatic carbocycles. The first-order chi connectivity index (χ1) is 12.4. The van der Waals surface area contributed by atoms with Crippen LogP contribution in [0, 0.1) is 0 Å². The monoisotopic (exact) mass is 372 g/mol. The van der Waals surface area contributed by atoms with Crippen molar-refractivity contribution in [2.45, 2.75) is 39.2 Å². The van der Waals surface area contributed by atoms with E-state index in [1.54, 1.807) is 12.4 Å². The highest BCUT2D eigenvalue weighted by Gasteiger charge is 2.30. The van der Waals surface area contributed by atoms with Crippen LogP contribution in [-0.4, -0.2) is 29.1 Å². The molecule has 2 N–H and O–H groups in total.